The Kier molecular flexibility index (Phi) is 7.41. The zero-order valence-electron chi connectivity index (χ0n) is 25.7. The molecule has 9 atom stereocenters. The number of alkyl halides is 1. The number of oxime groups is 1. The van der Waals surface area contributed by atoms with Gasteiger partial charge in [-0.15, -0.1) is 11.6 Å². The van der Waals surface area contributed by atoms with Crippen molar-refractivity contribution in [2.75, 3.05) is 33.3 Å². The Morgan fingerprint density at radius 2 is 1.91 bits per heavy atom. The highest BCUT2D eigenvalue weighted by atomic mass is 35.5. The molecular weight excluding hydrogens is 568 g/mol. The maximum Gasteiger partial charge on any atom is 0.227 e. The number of hydrogen-bond donors (Lipinski definition) is 2. The highest BCUT2D eigenvalue weighted by molar-refractivity contribution is 6.26. The maximum atomic E-state index is 12.1. The lowest BCUT2D eigenvalue weighted by atomic mass is 9.45. The summed E-state index contributed by atoms with van der Waals surface area (Å²) in [5.74, 6) is -0.456. The molecule has 6 aliphatic rings. The molecule has 2 N–H and O–H groups in total. The van der Waals surface area contributed by atoms with Crippen LogP contribution in [0.1, 0.15) is 57.6 Å². The average Bonchev–Trinajstić information content (AvgIpc) is 3.68. The van der Waals surface area contributed by atoms with Crippen molar-refractivity contribution < 1.29 is 28.9 Å². The number of nitrogens with zero attached hydrogens (tertiary/aromatic N) is 1. The van der Waals surface area contributed by atoms with Gasteiger partial charge in [-0.25, -0.2) is 0 Å². The molecule has 0 bridgehead atoms. The number of aliphatic hydroxyl groups excluding tert-OH is 1. The summed E-state index contributed by atoms with van der Waals surface area (Å²) in [5.41, 5.74) is 2.90. The quantitative estimate of drug-likeness (QED) is 0.259. The molecule has 43 heavy (non-hydrogen) atoms. The van der Waals surface area contributed by atoms with Gasteiger partial charge in [-0.05, 0) is 68.1 Å². The minimum atomic E-state index is -0.947. The first-order chi connectivity index (χ1) is 20.6. The van der Waals surface area contributed by atoms with Gasteiger partial charge in [0.05, 0.1) is 11.0 Å². The molecule has 0 amide bonds. The second kappa shape index (κ2) is 10.6. The summed E-state index contributed by atoms with van der Waals surface area (Å²) in [7, 11) is 0. The van der Waals surface area contributed by atoms with Gasteiger partial charge >= 0.3 is 0 Å². The fourth-order valence-electron chi connectivity index (χ4n) is 9.98. The van der Waals surface area contributed by atoms with Crippen molar-refractivity contribution in [3.05, 3.63) is 59.2 Å². The number of allylic oxidation sites excluding steroid dienone is 4. The van der Waals surface area contributed by atoms with Crippen LogP contribution in [-0.4, -0.2) is 66.5 Å². The van der Waals surface area contributed by atoms with E-state index in [2.05, 4.69) is 74.6 Å². The van der Waals surface area contributed by atoms with Gasteiger partial charge in [-0.1, -0.05) is 67.4 Å². The van der Waals surface area contributed by atoms with Crippen molar-refractivity contribution in [1.82, 2.24) is 5.32 Å². The van der Waals surface area contributed by atoms with Crippen LogP contribution < -0.4 is 5.32 Å². The average molecular weight is 613 g/mol. The third-order valence-electron chi connectivity index (χ3n) is 12.0. The van der Waals surface area contributed by atoms with Crippen LogP contribution in [0, 0.1) is 35.5 Å². The van der Waals surface area contributed by atoms with E-state index in [1.165, 1.54) is 16.7 Å². The van der Waals surface area contributed by atoms with Crippen molar-refractivity contribution in [3.8, 4) is 0 Å². The van der Waals surface area contributed by atoms with E-state index >= 15 is 0 Å². The number of nitrogens with one attached hydrogen (secondary N) is 1. The molecule has 5 fully saturated rings. The Balaban J connectivity index is 1.06. The number of benzene rings is 1. The zero-order valence-corrected chi connectivity index (χ0v) is 26.5. The Hall–Kier alpha value is -1.78. The number of hydrogen-bond acceptors (Lipinski definition) is 8. The molecule has 9 heteroatoms. The largest absolute Gasteiger partial charge is 0.394 e. The van der Waals surface area contributed by atoms with Gasteiger partial charge in [0.15, 0.2) is 13.6 Å². The molecule has 8 nitrogen and oxygen atoms in total. The van der Waals surface area contributed by atoms with E-state index in [1.807, 2.05) is 6.08 Å². The summed E-state index contributed by atoms with van der Waals surface area (Å²) >= 11 is 7.78. The molecule has 1 aromatic rings. The van der Waals surface area contributed by atoms with E-state index < -0.39 is 27.8 Å². The van der Waals surface area contributed by atoms with Gasteiger partial charge < -0.3 is 34.2 Å². The second-order valence-electron chi connectivity index (χ2n) is 14.0. The number of aliphatic hydroxyl groups is 1. The smallest absolute Gasteiger partial charge is 0.227 e. The predicted octanol–water partition coefficient (Wildman–Crippen LogP) is 5.22. The first kappa shape index (κ1) is 29.9. The molecule has 234 valence electrons. The van der Waals surface area contributed by atoms with Crippen molar-refractivity contribution in [3.63, 3.8) is 0 Å². The van der Waals surface area contributed by atoms with Crippen molar-refractivity contribution in [2.24, 2.45) is 33.7 Å². The van der Waals surface area contributed by atoms with E-state index in [0.717, 1.165) is 31.5 Å². The van der Waals surface area contributed by atoms with Crippen LogP contribution in [0.2, 0.25) is 0 Å². The Morgan fingerprint density at radius 3 is 2.67 bits per heavy atom. The molecular formula is C34H45ClN2O6. The van der Waals surface area contributed by atoms with Crippen LogP contribution in [0.4, 0.5) is 0 Å². The number of ether oxygens (including phenoxy) is 4. The fraction of sp³-hybridized carbons (Fsp3) is 0.676. The van der Waals surface area contributed by atoms with Gasteiger partial charge in [0.1, 0.15) is 24.5 Å². The van der Waals surface area contributed by atoms with Crippen LogP contribution in [0.5, 0.6) is 0 Å². The van der Waals surface area contributed by atoms with Crippen LogP contribution in [0.25, 0.3) is 0 Å². The lowest BCUT2D eigenvalue weighted by molar-refractivity contribution is -0.264. The van der Waals surface area contributed by atoms with Gasteiger partial charge in [0.2, 0.25) is 5.79 Å². The summed E-state index contributed by atoms with van der Waals surface area (Å²) in [6.45, 7) is 11.5. The number of aryl methyl sites for hydroxylation is 1. The summed E-state index contributed by atoms with van der Waals surface area (Å²) in [6, 6.07) is 8.52. The van der Waals surface area contributed by atoms with Crippen LogP contribution in [-0.2, 0) is 30.3 Å². The van der Waals surface area contributed by atoms with E-state index in [4.69, 9.17) is 35.4 Å². The minimum Gasteiger partial charge on any atom is -0.394 e. The molecule has 1 unspecified atom stereocenters. The molecule has 0 aromatic heterocycles. The summed E-state index contributed by atoms with van der Waals surface area (Å²) in [6.07, 6.45) is 8.75. The lowest BCUT2D eigenvalue weighted by Crippen LogP contribution is -2.71. The fourth-order valence-corrected chi connectivity index (χ4v) is 10.5. The first-order valence-corrected chi connectivity index (χ1v) is 16.2. The number of halogens is 1. The summed E-state index contributed by atoms with van der Waals surface area (Å²) in [5, 5.41) is 19.9. The van der Waals surface area contributed by atoms with Gasteiger partial charge in [-0.2, -0.15) is 0 Å². The second-order valence-corrected chi connectivity index (χ2v) is 14.6. The molecule has 7 rings (SSSR count). The Bertz CT molecular complexity index is 1320. The highest BCUT2D eigenvalue weighted by Gasteiger charge is 2.81. The topological polar surface area (TPSA) is 90.8 Å². The SMILES string of the molecule is Cc1ccc(CNCCO/N=C2/C=C[C@@]3(C)C(=C2)CC[C@H]2[C@@H]4C[C@@H](C)[C@@]5(OCOC56COCO6)[C@@]4(C)C[C@H](O)[C@@]23Cl)cc1. The first-order valence-electron chi connectivity index (χ1n) is 15.8. The molecule has 3 saturated carbocycles. The van der Waals surface area contributed by atoms with E-state index in [0.29, 0.717) is 26.2 Å². The third kappa shape index (κ3) is 4.13. The lowest BCUT2D eigenvalue weighted by Gasteiger charge is -2.64. The monoisotopic (exact) mass is 612 g/mol. The van der Waals surface area contributed by atoms with Crippen molar-refractivity contribution in [1.29, 1.82) is 0 Å². The molecule has 2 aliphatic heterocycles. The van der Waals surface area contributed by atoms with E-state index in [-0.39, 0.29) is 36.8 Å². The standard InChI is InChI=1S/C34H45ClN2O6/c1-22-5-7-24(8-6-22)18-36-13-14-43-37-26-11-12-30(3)25(16-26)9-10-27-28-15-23(2)34(31(28,4)17-29(38)33(27,30)35)32(41-21-42-34)19-39-20-40-32/h5-8,11-12,16,23,27-29,36,38H,9-10,13-15,17-21H2,1-4H3/b37-26-/t23-,27+,28+,29+,30+,31+,32?,33+,34-/m1/s1. The van der Waals surface area contributed by atoms with Gasteiger partial charge in [-0.3, -0.25) is 0 Å². The molecule has 0 radical (unpaired) electrons. The van der Waals surface area contributed by atoms with Crippen molar-refractivity contribution in [2.45, 2.75) is 82.3 Å². The molecule has 1 aromatic carbocycles. The van der Waals surface area contributed by atoms with Crippen molar-refractivity contribution >= 4 is 17.3 Å². The normalized spacial score (nSPS) is 45.8. The Morgan fingerprint density at radius 1 is 1.12 bits per heavy atom. The van der Waals surface area contributed by atoms with E-state index in [9.17, 15) is 5.11 Å². The Labute approximate surface area is 259 Å². The number of fused-ring (bicyclic) bond motifs is 7. The zero-order chi connectivity index (χ0) is 30.1. The van der Waals surface area contributed by atoms with Crippen LogP contribution >= 0.6 is 11.6 Å². The molecule has 2 saturated heterocycles. The maximum absolute atomic E-state index is 12.1. The summed E-state index contributed by atoms with van der Waals surface area (Å²) < 4.78 is 24.6. The highest BCUT2D eigenvalue weighted by Crippen LogP contribution is 2.74. The molecule has 4 aliphatic carbocycles. The van der Waals surface area contributed by atoms with E-state index in [1.54, 1.807) is 0 Å². The molecule has 2 heterocycles. The third-order valence-corrected chi connectivity index (χ3v) is 12.9. The van der Waals surface area contributed by atoms with Gasteiger partial charge in [0, 0.05) is 23.9 Å². The van der Waals surface area contributed by atoms with Gasteiger partial charge in [0.25, 0.3) is 0 Å². The van der Waals surface area contributed by atoms with Crippen LogP contribution in [0.15, 0.2) is 53.2 Å². The van der Waals surface area contributed by atoms with Crippen LogP contribution in [0.3, 0.4) is 0 Å². The predicted molar refractivity (Wildman–Crippen MR) is 163 cm³/mol. The summed E-state index contributed by atoms with van der Waals surface area (Å²) in [4.78, 5) is 4.82. The number of rotatable bonds is 6. The molecule has 2 spiro atoms. The minimum absolute atomic E-state index is 0.0921.